The van der Waals surface area contributed by atoms with Crippen LogP contribution in [0.25, 0.3) is 0 Å². The molecule has 3 unspecified atom stereocenters. The highest BCUT2D eigenvalue weighted by molar-refractivity contribution is 5.18. The third kappa shape index (κ3) is 0.800. The van der Waals surface area contributed by atoms with Crippen LogP contribution in [0.3, 0.4) is 0 Å². The van der Waals surface area contributed by atoms with Crippen molar-refractivity contribution in [3.05, 3.63) is 0 Å². The van der Waals surface area contributed by atoms with Gasteiger partial charge in [-0.2, -0.15) is 5.26 Å². The summed E-state index contributed by atoms with van der Waals surface area (Å²) in [5, 5.41) is 8.61. The lowest BCUT2D eigenvalue weighted by Crippen LogP contribution is -2.24. The summed E-state index contributed by atoms with van der Waals surface area (Å²) in [5.41, 5.74) is -0.205. The summed E-state index contributed by atoms with van der Waals surface area (Å²) in [4.78, 5) is 0. The van der Waals surface area contributed by atoms with Gasteiger partial charge in [0, 0.05) is 5.92 Å². The van der Waals surface area contributed by atoms with Gasteiger partial charge in [-0.15, -0.1) is 0 Å². The standard InChI is InChI=1S/C8H11NO2/c1-2-6-4-10-5-8(6)7(3-9)11-8/h6-7H,2,4-5H2,1H3. The summed E-state index contributed by atoms with van der Waals surface area (Å²) in [7, 11) is 0. The lowest BCUT2D eigenvalue weighted by molar-refractivity contribution is 0.170. The third-order valence-electron chi connectivity index (χ3n) is 2.67. The van der Waals surface area contributed by atoms with Crippen molar-refractivity contribution in [2.75, 3.05) is 13.2 Å². The van der Waals surface area contributed by atoms with Gasteiger partial charge in [0.05, 0.1) is 19.3 Å². The van der Waals surface area contributed by atoms with E-state index in [1.165, 1.54) is 0 Å². The van der Waals surface area contributed by atoms with Crippen molar-refractivity contribution in [3.8, 4) is 6.07 Å². The molecule has 2 fully saturated rings. The lowest BCUT2D eigenvalue weighted by Gasteiger charge is -2.08. The van der Waals surface area contributed by atoms with Crippen LogP contribution < -0.4 is 0 Å². The van der Waals surface area contributed by atoms with Gasteiger partial charge in [0.15, 0.2) is 6.10 Å². The molecule has 2 aliphatic heterocycles. The second-order valence-corrected chi connectivity index (χ2v) is 3.20. The molecule has 0 aromatic carbocycles. The van der Waals surface area contributed by atoms with Crippen molar-refractivity contribution in [2.24, 2.45) is 5.92 Å². The lowest BCUT2D eigenvalue weighted by atomic mass is 9.91. The molecular formula is C8H11NO2. The fourth-order valence-corrected chi connectivity index (χ4v) is 1.82. The van der Waals surface area contributed by atoms with Gasteiger partial charge in [-0.05, 0) is 6.42 Å². The molecule has 2 aliphatic rings. The Kier molecular flexibility index (Phi) is 1.41. The molecule has 0 saturated carbocycles. The Labute approximate surface area is 65.9 Å². The zero-order chi connectivity index (χ0) is 7.90. The Morgan fingerprint density at radius 1 is 1.73 bits per heavy atom. The predicted octanol–water partition coefficient (Wildman–Crippen LogP) is 0.704. The summed E-state index contributed by atoms with van der Waals surface area (Å²) in [6.07, 6.45) is 0.841. The largest absolute Gasteiger partial charge is 0.378 e. The summed E-state index contributed by atoms with van der Waals surface area (Å²) in [6, 6.07) is 2.13. The number of nitriles is 1. The molecule has 0 amide bonds. The van der Waals surface area contributed by atoms with E-state index in [-0.39, 0.29) is 11.7 Å². The maximum Gasteiger partial charge on any atom is 0.176 e. The van der Waals surface area contributed by atoms with Crippen molar-refractivity contribution >= 4 is 0 Å². The first kappa shape index (κ1) is 7.08. The maximum absolute atomic E-state index is 8.61. The van der Waals surface area contributed by atoms with E-state index >= 15 is 0 Å². The van der Waals surface area contributed by atoms with E-state index in [0.717, 1.165) is 13.0 Å². The summed E-state index contributed by atoms with van der Waals surface area (Å²) in [5.74, 6) is 0.437. The highest BCUT2D eigenvalue weighted by Gasteiger charge is 2.64. The highest BCUT2D eigenvalue weighted by atomic mass is 16.6. The molecule has 3 atom stereocenters. The van der Waals surface area contributed by atoms with Crippen LogP contribution in [-0.2, 0) is 9.47 Å². The first-order chi connectivity index (χ1) is 5.33. The molecule has 0 radical (unpaired) electrons. The van der Waals surface area contributed by atoms with Crippen LogP contribution in [-0.4, -0.2) is 24.9 Å². The maximum atomic E-state index is 8.61. The molecule has 0 N–H and O–H groups in total. The van der Waals surface area contributed by atoms with Gasteiger partial charge in [-0.1, -0.05) is 6.92 Å². The van der Waals surface area contributed by atoms with Gasteiger partial charge in [0.25, 0.3) is 0 Å². The van der Waals surface area contributed by atoms with Crippen LogP contribution in [0.2, 0.25) is 0 Å². The average molecular weight is 153 g/mol. The van der Waals surface area contributed by atoms with E-state index in [1.54, 1.807) is 0 Å². The Morgan fingerprint density at radius 2 is 2.55 bits per heavy atom. The number of epoxide rings is 1. The quantitative estimate of drug-likeness (QED) is 0.521. The van der Waals surface area contributed by atoms with Crippen LogP contribution >= 0.6 is 0 Å². The van der Waals surface area contributed by atoms with Crippen molar-refractivity contribution < 1.29 is 9.47 Å². The summed E-state index contributed by atoms with van der Waals surface area (Å²) >= 11 is 0. The Hall–Kier alpha value is -0.590. The number of nitrogens with zero attached hydrogens (tertiary/aromatic N) is 1. The second-order valence-electron chi connectivity index (χ2n) is 3.20. The van der Waals surface area contributed by atoms with Crippen LogP contribution in [0.15, 0.2) is 0 Å². The first-order valence-corrected chi connectivity index (χ1v) is 3.98. The van der Waals surface area contributed by atoms with Crippen molar-refractivity contribution in [2.45, 2.75) is 25.0 Å². The fraction of sp³-hybridized carbons (Fsp3) is 0.875. The molecule has 0 bridgehead atoms. The van der Waals surface area contributed by atoms with Crippen LogP contribution in [0.5, 0.6) is 0 Å². The number of ether oxygens (including phenoxy) is 2. The number of rotatable bonds is 1. The molecule has 11 heavy (non-hydrogen) atoms. The molecule has 0 aromatic heterocycles. The molecule has 0 aliphatic carbocycles. The minimum Gasteiger partial charge on any atom is -0.378 e. The summed E-state index contributed by atoms with van der Waals surface area (Å²) < 4.78 is 10.6. The Balaban J connectivity index is 2.10. The Morgan fingerprint density at radius 3 is 3.09 bits per heavy atom. The van der Waals surface area contributed by atoms with Gasteiger partial charge in [-0.3, -0.25) is 0 Å². The van der Waals surface area contributed by atoms with E-state index in [2.05, 4.69) is 13.0 Å². The van der Waals surface area contributed by atoms with Crippen molar-refractivity contribution in [3.63, 3.8) is 0 Å². The molecule has 2 rings (SSSR count). The fourth-order valence-electron chi connectivity index (χ4n) is 1.82. The molecule has 3 heteroatoms. The molecule has 1 spiro atoms. The minimum atomic E-state index is -0.205. The van der Waals surface area contributed by atoms with Gasteiger partial charge in [-0.25, -0.2) is 0 Å². The average Bonchev–Trinajstić information content (AvgIpc) is 2.55. The Bertz CT molecular complexity index is 211. The second kappa shape index (κ2) is 2.20. The van der Waals surface area contributed by atoms with Gasteiger partial charge < -0.3 is 9.47 Å². The molecule has 2 saturated heterocycles. The van der Waals surface area contributed by atoms with Crippen molar-refractivity contribution in [1.29, 1.82) is 5.26 Å². The van der Waals surface area contributed by atoms with E-state index in [1.807, 2.05) is 0 Å². The smallest absolute Gasteiger partial charge is 0.176 e. The van der Waals surface area contributed by atoms with Crippen LogP contribution in [0.1, 0.15) is 13.3 Å². The van der Waals surface area contributed by atoms with E-state index in [4.69, 9.17) is 14.7 Å². The highest BCUT2D eigenvalue weighted by Crippen LogP contribution is 2.47. The monoisotopic (exact) mass is 153 g/mol. The van der Waals surface area contributed by atoms with E-state index in [0.29, 0.717) is 12.5 Å². The third-order valence-corrected chi connectivity index (χ3v) is 2.67. The van der Waals surface area contributed by atoms with Gasteiger partial charge in [0.2, 0.25) is 0 Å². The molecule has 3 nitrogen and oxygen atoms in total. The normalized spacial score (nSPS) is 47.6. The van der Waals surface area contributed by atoms with Gasteiger partial charge >= 0.3 is 0 Å². The minimum absolute atomic E-state index is 0.199. The van der Waals surface area contributed by atoms with E-state index < -0.39 is 0 Å². The molecule has 2 heterocycles. The SMILES string of the molecule is CCC1COCC12OC2C#N. The van der Waals surface area contributed by atoms with Crippen LogP contribution in [0.4, 0.5) is 0 Å². The predicted molar refractivity (Wildman–Crippen MR) is 37.8 cm³/mol. The van der Waals surface area contributed by atoms with Crippen LogP contribution in [0, 0.1) is 17.2 Å². The zero-order valence-corrected chi connectivity index (χ0v) is 6.54. The zero-order valence-electron chi connectivity index (χ0n) is 6.54. The topological polar surface area (TPSA) is 45.5 Å². The van der Waals surface area contributed by atoms with Gasteiger partial charge in [0.1, 0.15) is 5.60 Å². The summed E-state index contributed by atoms with van der Waals surface area (Å²) in [6.45, 7) is 3.48. The molecule has 0 aromatic rings. The van der Waals surface area contributed by atoms with Crippen molar-refractivity contribution in [1.82, 2.24) is 0 Å². The molecule has 60 valence electrons. The number of hydrogen-bond donors (Lipinski definition) is 0. The number of hydrogen-bond acceptors (Lipinski definition) is 3. The first-order valence-electron chi connectivity index (χ1n) is 3.98. The molecular weight excluding hydrogens is 142 g/mol. The van der Waals surface area contributed by atoms with E-state index in [9.17, 15) is 0 Å².